The van der Waals surface area contributed by atoms with Crippen LogP contribution >= 0.6 is 15.9 Å². The Morgan fingerprint density at radius 3 is 2.64 bits per heavy atom. The standard InChI is InChI=1S/C12H15BrN/c13-12-6-4-11(5-7-12)10-14-8-2-1-3-9-14/h2,4-7H,1,3,8-10H2. The average molecular weight is 253 g/mol. The average Bonchev–Trinajstić information content (AvgIpc) is 2.23. The Labute approximate surface area is 94.2 Å². The highest BCUT2D eigenvalue weighted by molar-refractivity contribution is 9.10. The van der Waals surface area contributed by atoms with Gasteiger partial charge in [0.1, 0.15) is 0 Å². The molecular formula is C12H15BrN. The van der Waals surface area contributed by atoms with Crippen molar-refractivity contribution in [2.45, 2.75) is 19.4 Å². The summed E-state index contributed by atoms with van der Waals surface area (Å²) < 4.78 is 1.16. The van der Waals surface area contributed by atoms with E-state index < -0.39 is 0 Å². The van der Waals surface area contributed by atoms with Crippen LogP contribution in [0.5, 0.6) is 0 Å². The zero-order valence-corrected chi connectivity index (χ0v) is 9.83. The van der Waals surface area contributed by atoms with Crippen LogP contribution in [0.4, 0.5) is 0 Å². The largest absolute Gasteiger partial charge is 0.299 e. The molecule has 1 heterocycles. The molecule has 2 heteroatoms. The van der Waals surface area contributed by atoms with Gasteiger partial charge in [0.05, 0.1) is 0 Å². The first-order chi connectivity index (χ1) is 6.84. The van der Waals surface area contributed by atoms with Crippen molar-refractivity contribution in [3.05, 3.63) is 40.7 Å². The van der Waals surface area contributed by atoms with Gasteiger partial charge < -0.3 is 0 Å². The van der Waals surface area contributed by atoms with E-state index in [0.717, 1.165) is 17.6 Å². The van der Waals surface area contributed by atoms with E-state index in [9.17, 15) is 0 Å². The van der Waals surface area contributed by atoms with E-state index in [-0.39, 0.29) is 0 Å². The molecule has 0 aromatic heterocycles. The number of rotatable bonds is 2. The maximum absolute atomic E-state index is 3.45. The zero-order chi connectivity index (χ0) is 9.80. The van der Waals surface area contributed by atoms with E-state index in [1.807, 2.05) is 0 Å². The minimum atomic E-state index is 1.09. The molecule has 1 fully saturated rings. The zero-order valence-electron chi connectivity index (χ0n) is 8.25. The highest BCUT2D eigenvalue weighted by atomic mass is 79.9. The SMILES string of the molecule is Brc1ccc(CN2C[CH]CCC2)cc1. The molecule has 1 saturated heterocycles. The quantitative estimate of drug-likeness (QED) is 0.782. The van der Waals surface area contributed by atoms with Crippen LogP contribution in [0.15, 0.2) is 28.7 Å². The molecule has 0 bridgehead atoms. The van der Waals surface area contributed by atoms with Crippen LogP contribution in [0.1, 0.15) is 18.4 Å². The van der Waals surface area contributed by atoms with Crippen molar-refractivity contribution >= 4 is 15.9 Å². The summed E-state index contributed by atoms with van der Waals surface area (Å²) in [6.07, 6.45) is 4.98. The third-order valence-corrected chi connectivity index (χ3v) is 3.12. The highest BCUT2D eigenvalue weighted by Crippen LogP contribution is 2.15. The van der Waals surface area contributed by atoms with E-state index in [2.05, 4.69) is 51.5 Å². The molecule has 14 heavy (non-hydrogen) atoms. The second kappa shape index (κ2) is 4.94. The first-order valence-electron chi connectivity index (χ1n) is 5.13. The third-order valence-electron chi connectivity index (χ3n) is 2.59. The number of hydrogen-bond donors (Lipinski definition) is 0. The van der Waals surface area contributed by atoms with Crippen LogP contribution in [0, 0.1) is 6.42 Å². The van der Waals surface area contributed by atoms with E-state index in [1.165, 1.54) is 24.9 Å². The summed E-state index contributed by atoms with van der Waals surface area (Å²) in [5.41, 5.74) is 1.41. The van der Waals surface area contributed by atoms with E-state index in [1.54, 1.807) is 0 Å². The van der Waals surface area contributed by atoms with Crippen LogP contribution in [0.2, 0.25) is 0 Å². The molecule has 75 valence electrons. The number of hydrogen-bond acceptors (Lipinski definition) is 1. The summed E-state index contributed by atoms with van der Waals surface area (Å²) >= 11 is 3.45. The summed E-state index contributed by atoms with van der Waals surface area (Å²) in [5.74, 6) is 0. The minimum absolute atomic E-state index is 1.09. The molecule has 0 spiro atoms. The van der Waals surface area contributed by atoms with Gasteiger partial charge in [-0.05, 0) is 43.5 Å². The smallest absolute Gasteiger partial charge is 0.0233 e. The maximum atomic E-state index is 3.45. The topological polar surface area (TPSA) is 3.24 Å². The monoisotopic (exact) mass is 252 g/mol. The molecule has 0 N–H and O–H groups in total. The minimum Gasteiger partial charge on any atom is -0.299 e. The highest BCUT2D eigenvalue weighted by Gasteiger charge is 2.09. The van der Waals surface area contributed by atoms with Crippen LogP contribution in [0.25, 0.3) is 0 Å². The van der Waals surface area contributed by atoms with Crippen molar-refractivity contribution in [3.63, 3.8) is 0 Å². The Hall–Kier alpha value is -0.340. The predicted molar refractivity (Wildman–Crippen MR) is 63.0 cm³/mol. The lowest BCUT2D eigenvalue weighted by Gasteiger charge is -2.26. The van der Waals surface area contributed by atoms with Crippen molar-refractivity contribution in [1.29, 1.82) is 0 Å². The lowest BCUT2D eigenvalue weighted by molar-refractivity contribution is 0.254. The summed E-state index contributed by atoms with van der Waals surface area (Å²) in [5, 5.41) is 0. The van der Waals surface area contributed by atoms with Gasteiger partial charge in [-0.1, -0.05) is 28.1 Å². The molecule has 1 aromatic rings. The summed E-state index contributed by atoms with van der Waals surface area (Å²) in [4.78, 5) is 2.49. The number of likely N-dealkylation sites (tertiary alicyclic amines) is 1. The fraction of sp³-hybridized carbons (Fsp3) is 0.417. The van der Waals surface area contributed by atoms with Crippen molar-refractivity contribution in [1.82, 2.24) is 4.90 Å². The van der Waals surface area contributed by atoms with Crippen molar-refractivity contribution in [2.75, 3.05) is 13.1 Å². The molecule has 0 unspecified atom stereocenters. The number of piperidine rings is 1. The fourth-order valence-corrected chi connectivity index (χ4v) is 2.08. The van der Waals surface area contributed by atoms with E-state index >= 15 is 0 Å². The molecule has 2 rings (SSSR count). The van der Waals surface area contributed by atoms with Gasteiger partial charge in [-0.25, -0.2) is 0 Å². The second-order valence-electron chi connectivity index (χ2n) is 3.79. The Kier molecular flexibility index (Phi) is 3.60. The molecule has 0 aliphatic carbocycles. The number of benzene rings is 1. The Morgan fingerprint density at radius 2 is 2.00 bits per heavy atom. The van der Waals surface area contributed by atoms with Crippen molar-refractivity contribution in [2.24, 2.45) is 0 Å². The predicted octanol–water partition coefficient (Wildman–Crippen LogP) is 3.25. The number of halogens is 1. The Bertz CT molecular complexity index is 275. The molecule has 1 radical (unpaired) electrons. The van der Waals surface area contributed by atoms with Gasteiger partial charge in [0.25, 0.3) is 0 Å². The first-order valence-corrected chi connectivity index (χ1v) is 5.92. The molecule has 1 nitrogen and oxygen atoms in total. The Balaban J connectivity index is 1.92. The Morgan fingerprint density at radius 1 is 1.21 bits per heavy atom. The molecule has 0 saturated carbocycles. The second-order valence-corrected chi connectivity index (χ2v) is 4.71. The van der Waals surface area contributed by atoms with Crippen LogP contribution in [0.3, 0.4) is 0 Å². The number of nitrogens with zero attached hydrogens (tertiary/aromatic N) is 1. The first kappa shape index (κ1) is 10.2. The van der Waals surface area contributed by atoms with Gasteiger partial charge in [0.2, 0.25) is 0 Å². The van der Waals surface area contributed by atoms with Crippen molar-refractivity contribution < 1.29 is 0 Å². The third kappa shape index (κ3) is 2.82. The van der Waals surface area contributed by atoms with Crippen LogP contribution < -0.4 is 0 Å². The van der Waals surface area contributed by atoms with Gasteiger partial charge in [-0.3, -0.25) is 4.90 Å². The van der Waals surface area contributed by atoms with Gasteiger partial charge in [-0.15, -0.1) is 0 Å². The van der Waals surface area contributed by atoms with E-state index in [0.29, 0.717) is 0 Å². The lowest BCUT2D eigenvalue weighted by Crippen LogP contribution is -2.29. The van der Waals surface area contributed by atoms with Gasteiger partial charge in [-0.2, -0.15) is 0 Å². The molecule has 1 aliphatic heterocycles. The molecule has 0 amide bonds. The molecular weight excluding hydrogens is 238 g/mol. The summed E-state index contributed by atoms with van der Waals surface area (Å²) in [6.45, 7) is 3.48. The molecule has 0 atom stereocenters. The molecule has 1 aromatic carbocycles. The van der Waals surface area contributed by atoms with Gasteiger partial charge in [0.15, 0.2) is 0 Å². The maximum Gasteiger partial charge on any atom is 0.0233 e. The van der Waals surface area contributed by atoms with Gasteiger partial charge in [0, 0.05) is 17.6 Å². The van der Waals surface area contributed by atoms with E-state index in [4.69, 9.17) is 0 Å². The van der Waals surface area contributed by atoms with Gasteiger partial charge >= 0.3 is 0 Å². The summed E-state index contributed by atoms with van der Waals surface area (Å²) in [6, 6.07) is 8.61. The van der Waals surface area contributed by atoms with Crippen LogP contribution in [-0.4, -0.2) is 18.0 Å². The fourth-order valence-electron chi connectivity index (χ4n) is 1.82. The normalized spacial score (nSPS) is 18.4. The molecule has 1 aliphatic rings. The van der Waals surface area contributed by atoms with Crippen LogP contribution in [-0.2, 0) is 6.54 Å². The lowest BCUT2D eigenvalue weighted by atomic mass is 10.1. The summed E-state index contributed by atoms with van der Waals surface area (Å²) in [7, 11) is 0. The van der Waals surface area contributed by atoms with Crippen molar-refractivity contribution in [3.8, 4) is 0 Å².